The van der Waals surface area contributed by atoms with Crippen LogP contribution in [0, 0.1) is 11.6 Å². The number of carbonyl (C=O) groups is 1. The van der Waals surface area contributed by atoms with Gasteiger partial charge in [-0.3, -0.25) is 0 Å². The summed E-state index contributed by atoms with van der Waals surface area (Å²) in [7, 11) is 1.31. The lowest BCUT2D eigenvalue weighted by Crippen LogP contribution is -2.03. The molecule has 4 rings (SSSR count). The number of hydrogen-bond donors (Lipinski definition) is 1. The van der Waals surface area contributed by atoms with Crippen LogP contribution in [0.15, 0.2) is 66.7 Å². The standard InChI is InChI=1S/C22H15F2NO2.C2H6/c1-27-22(26)21-20(14-4-9-17(24)10-5-14)18-12-15(6-11-19(18)25-21)13-2-7-16(23)8-3-13;1-2/h2-12,25H,1H3;1-2H3. The van der Waals surface area contributed by atoms with Crippen LogP contribution in [0.4, 0.5) is 8.78 Å². The van der Waals surface area contributed by atoms with Gasteiger partial charge in [-0.2, -0.15) is 0 Å². The molecule has 0 aliphatic carbocycles. The molecule has 0 saturated carbocycles. The third-order valence-corrected chi connectivity index (χ3v) is 4.50. The minimum atomic E-state index is -0.506. The highest BCUT2D eigenvalue weighted by Gasteiger charge is 2.20. The molecule has 0 saturated heterocycles. The second-order valence-electron chi connectivity index (χ2n) is 6.14. The van der Waals surface area contributed by atoms with Gasteiger partial charge in [0, 0.05) is 16.5 Å². The molecular weight excluding hydrogens is 372 g/mol. The second-order valence-corrected chi connectivity index (χ2v) is 6.14. The molecule has 1 heterocycles. The summed E-state index contributed by atoms with van der Waals surface area (Å²) in [6, 6.07) is 17.8. The van der Waals surface area contributed by atoms with Crippen LogP contribution in [-0.4, -0.2) is 18.1 Å². The molecule has 0 unspecified atom stereocenters. The van der Waals surface area contributed by atoms with Crippen LogP contribution >= 0.6 is 0 Å². The SMILES string of the molecule is CC.COC(=O)c1[nH]c2ccc(-c3ccc(F)cc3)cc2c1-c1ccc(F)cc1. The van der Waals surface area contributed by atoms with Crippen molar-refractivity contribution in [2.24, 2.45) is 0 Å². The molecule has 3 nitrogen and oxygen atoms in total. The number of aromatic nitrogens is 1. The van der Waals surface area contributed by atoms with Gasteiger partial charge in [0.2, 0.25) is 0 Å². The quantitative estimate of drug-likeness (QED) is 0.399. The Balaban J connectivity index is 0.00000117. The van der Waals surface area contributed by atoms with Gasteiger partial charge in [-0.15, -0.1) is 0 Å². The van der Waals surface area contributed by atoms with Crippen LogP contribution in [0.5, 0.6) is 0 Å². The maximum absolute atomic E-state index is 13.4. The Morgan fingerprint density at radius 3 is 1.86 bits per heavy atom. The molecule has 1 N–H and O–H groups in total. The van der Waals surface area contributed by atoms with Gasteiger partial charge < -0.3 is 9.72 Å². The van der Waals surface area contributed by atoms with Gasteiger partial charge in [0.1, 0.15) is 17.3 Å². The van der Waals surface area contributed by atoms with E-state index in [1.54, 1.807) is 24.3 Å². The van der Waals surface area contributed by atoms with E-state index in [4.69, 9.17) is 4.74 Å². The predicted molar refractivity (Wildman–Crippen MR) is 112 cm³/mol. The number of ether oxygens (including phenoxy) is 1. The van der Waals surface area contributed by atoms with Crippen molar-refractivity contribution in [2.75, 3.05) is 7.11 Å². The third-order valence-electron chi connectivity index (χ3n) is 4.50. The zero-order valence-corrected chi connectivity index (χ0v) is 16.4. The zero-order chi connectivity index (χ0) is 21.0. The first-order valence-corrected chi connectivity index (χ1v) is 9.33. The maximum atomic E-state index is 13.4. The van der Waals surface area contributed by atoms with E-state index in [2.05, 4.69) is 4.98 Å². The number of rotatable bonds is 3. The van der Waals surface area contributed by atoms with Gasteiger partial charge in [0.05, 0.1) is 7.11 Å². The lowest BCUT2D eigenvalue weighted by Gasteiger charge is -2.06. The highest BCUT2D eigenvalue weighted by atomic mass is 19.1. The number of halogens is 2. The zero-order valence-electron chi connectivity index (χ0n) is 16.4. The molecule has 0 aliphatic heterocycles. The van der Waals surface area contributed by atoms with Gasteiger partial charge in [0.25, 0.3) is 0 Å². The average molecular weight is 393 g/mol. The number of nitrogens with one attached hydrogen (secondary N) is 1. The first-order valence-electron chi connectivity index (χ1n) is 9.33. The summed E-state index contributed by atoms with van der Waals surface area (Å²) >= 11 is 0. The van der Waals surface area contributed by atoms with Crippen molar-refractivity contribution in [2.45, 2.75) is 13.8 Å². The van der Waals surface area contributed by atoms with Crippen molar-refractivity contribution in [1.29, 1.82) is 0 Å². The topological polar surface area (TPSA) is 42.1 Å². The lowest BCUT2D eigenvalue weighted by atomic mass is 9.98. The summed E-state index contributed by atoms with van der Waals surface area (Å²) < 4.78 is 31.5. The number of fused-ring (bicyclic) bond motifs is 1. The van der Waals surface area contributed by atoms with Crippen molar-refractivity contribution in [1.82, 2.24) is 4.98 Å². The van der Waals surface area contributed by atoms with Crippen LogP contribution in [-0.2, 0) is 4.74 Å². The van der Waals surface area contributed by atoms with E-state index < -0.39 is 5.97 Å². The molecule has 3 aromatic carbocycles. The molecular formula is C24H21F2NO2. The van der Waals surface area contributed by atoms with Crippen molar-refractivity contribution in [3.05, 3.63) is 84.1 Å². The maximum Gasteiger partial charge on any atom is 0.355 e. The fourth-order valence-electron chi connectivity index (χ4n) is 3.19. The van der Waals surface area contributed by atoms with Crippen LogP contribution in [0.3, 0.4) is 0 Å². The van der Waals surface area contributed by atoms with Crippen LogP contribution < -0.4 is 0 Å². The summed E-state index contributed by atoms with van der Waals surface area (Å²) in [6.45, 7) is 4.00. The molecule has 29 heavy (non-hydrogen) atoms. The first-order chi connectivity index (χ1) is 14.1. The van der Waals surface area contributed by atoms with Crippen LogP contribution in [0.1, 0.15) is 24.3 Å². The Morgan fingerprint density at radius 1 is 0.793 bits per heavy atom. The van der Waals surface area contributed by atoms with E-state index in [0.717, 1.165) is 22.0 Å². The number of aromatic amines is 1. The highest BCUT2D eigenvalue weighted by molar-refractivity contribution is 6.08. The molecule has 0 spiro atoms. The van der Waals surface area contributed by atoms with E-state index in [0.29, 0.717) is 16.8 Å². The van der Waals surface area contributed by atoms with Gasteiger partial charge in [-0.05, 0) is 53.1 Å². The number of hydrogen-bond acceptors (Lipinski definition) is 2. The fraction of sp³-hybridized carbons (Fsp3) is 0.125. The third kappa shape index (κ3) is 4.04. The molecule has 0 atom stereocenters. The van der Waals surface area contributed by atoms with E-state index >= 15 is 0 Å². The molecule has 148 valence electrons. The summed E-state index contributed by atoms with van der Waals surface area (Å²) in [5.74, 6) is -1.17. The molecule has 1 aromatic heterocycles. The molecule has 0 aliphatic rings. The van der Waals surface area contributed by atoms with Crippen LogP contribution in [0.2, 0.25) is 0 Å². The number of benzene rings is 3. The average Bonchev–Trinajstić information content (AvgIpc) is 3.14. The van der Waals surface area contributed by atoms with Crippen LogP contribution in [0.25, 0.3) is 33.2 Å². The summed E-state index contributed by atoms with van der Waals surface area (Å²) in [4.78, 5) is 15.4. The predicted octanol–water partition coefficient (Wildman–Crippen LogP) is 6.59. The first kappa shape index (κ1) is 20.3. The largest absolute Gasteiger partial charge is 0.464 e. The van der Waals surface area contributed by atoms with Crippen molar-refractivity contribution in [3.63, 3.8) is 0 Å². The van der Waals surface area contributed by atoms with Crippen molar-refractivity contribution in [3.8, 4) is 22.3 Å². The lowest BCUT2D eigenvalue weighted by molar-refractivity contribution is 0.0596. The monoisotopic (exact) mass is 393 g/mol. The Morgan fingerprint density at radius 2 is 1.31 bits per heavy atom. The molecule has 4 aromatic rings. The van der Waals surface area contributed by atoms with Gasteiger partial charge in [-0.25, -0.2) is 13.6 Å². The molecule has 0 radical (unpaired) electrons. The summed E-state index contributed by atoms with van der Waals surface area (Å²) in [5.41, 5.74) is 4.11. The Hall–Kier alpha value is -3.47. The number of esters is 1. The Kier molecular flexibility index (Phi) is 6.07. The summed E-state index contributed by atoms with van der Waals surface area (Å²) in [5, 5.41) is 0.795. The molecule has 0 fully saturated rings. The van der Waals surface area contributed by atoms with E-state index in [-0.39, 0.29) is 11.6 Å². The van der Waals surface area contributed by atoms with Crippen molar-refractivity contribution >= 4 is 16.9 Å². The van der Waals surface area contributed by atoms with Gasteiger partial charge >= 0.3 is 5.97 Å². The molecule has 5 heteroatoms. The summed E-state index contributed by atoms with van der Waals surface area (Å²) in [6.07, 6.45) is 0. The number of carbonyl (C=O) groups excluding carboxylic acids is 1. The Bertz CT molecular complexity index is 1130. The highest BCUT2D eigenvalue weighted by Crippen LogP contribution is 2.35. The minimum Gasteiger partial charge on any atom is -0.464 e. The van der Waals surface area contributed by atoms with E-state index in [1.165, 1.54) is 31.4 Å². The van der Waals surface area contributed by atoms with Crippen molar-refractivity contribution < 1.29 is 18.3 Å². The normalized spacial score (nSPS) is 10.4. The smallest absolute Gasteiger partial charge is 0.355 e. The van der Waals surface area contributed by atoms with E-state index in [9.17, 15) is 13.6 Å². The number of H-pyrrole nitrogens is 1. The second kappa shape index (κ2) is 8.69. The minimum absolute atomic E-state index is 0.301. The van der Waals surface area contributed by atoms with Gasteiger partial charge in [-0.1, -0.05) is 44.2 Å². The number of methoxy groups -OCH3 is 1. The van der Waals surface area contributed by atoms with Gasteiger partial charge in [0.15, 0.2) is 0 Å². The molecule has 0 bridgehead atoms. The Labute approximate surface area is 168 Å². The van der Waals surface area contributed by atoms with E-state index in [1.807, 2.05) is 32.0 Å². The fourth-order valence-corrected chi connectivity index (χ4v) is 3.19. The molecule has 0 amide bonds.